The van der Waals surface area contributed by atoms with E-state index in [0.29, 0.717) is 26.1 Å². The average molecular weight is 558 g/mol. The Kier molecular flexibility index (Phi) is 7.15. The van der Waals surface area contributed by atoms with Gasteiger partial charge in [0, 0.05) is 38.3 Å². The fraction of sp³-hybridized carbons (Fsp3) is 0.419. The number of likely N-dealkylation sites (N-methyl/N-ethyl adjacent to an activating group) is 1. The Morgan fingerprint density at radius 2 is 2.07 bits per heavy atom. The van der Waals surface area contributed by atoms with Crippen molar-refractivity contribution in [1.29, 1.82) is 0 Å². The number of rotatable bonds is 6. The predicted molar refractivity (Wildman–Crippen MR) is 154 cm³/mol. The predicted octanol–water partition coefficient (Wildman–Crippen LogP) is 3.66. The van der Waals surface area contributed by atoms with Gasteiger partial charge in [-0.3, -0.25) is 4.79 Å². The van der Waals surface area contributed by atoms with Crippen molar-refractivity contribution in [2.75, 3.05) is 44.8 Å². The second-order valence-corrected chi connectivity index (χ2v) is 11.1. The molecular formula is C31H35N5O5. The number of phenols is 1. The van der Waals surface area contributed by atoms with Gasteiger partial charge in [0.15, 0.2) is 0 Å². The Bertz CT molecular complexity index is 1510. The Morgan fingerprint density at radius 1 is 1.24 bits per heavy atom. The van der Waals surface area contributed by atoms with Crippen LogP contribution >= 0.6 is 0 Å². The van der Waals surface area contributed by atoms with Crippen molar-refractivity contribution in [2.24, 2.45) is 0 Å². The number of carbonyl (C=O) groups is 2. The quantitative estimate of drug-likeness (QED) is 0.458. The third kappa shape index (κ3) is 5.14. The number of anilines is 1. The molecular weight excluding hydrogens is 522 g/mol. The number of carbonyl (C=O) groups excluding carboxylic acids is 2. The van der Waals surface area contributed by atoms with Gasteiger partial charge < -0.3 is 29.3 Å². The zero-order valence-electron chi connectivity index (χ0n) is 23.5. The van der Waals surface area contributed by atoms with Crippen molar-refractivity contribution < 1.29 is 24.2 Å². The monoisotopic (exact) mass is 557 g/mol. The number of hydrogen-bond acceptors (Lipinski definition) is 8. The smallest absolute Gasteiger partial charge is 0.410 e. The number of hydrogen-bond donors (Lipinski definition) is 1. The highest BCUT2D eigenvalue weighted by Crippen LogP contribution is 2.40. The molecule has 6 rings (SSSR count). The number of nitrogens with zero attached hydrogens (tertiary/aromatic N) is 5. The molecule has 2 fully saturated rings. The molecule has 10 heteroatoms. The minimum Gasteiger partial charge on any atom is -0.508 e. The highest BCUT2D eigenvalue weighted by atomic mass is 16.6. The van der Waals surface area contributed by atoms with Gasteiger partial charge in [-0.05, 0) is 66.6 Å². The van der Waals surface area contributed by atoms with Crippen LogP contribution in [0.1, 0.15) is 36.1 Å². The summed E-state index contributed by atoms with van der Waals surface area (Å²) in [6, 6.07) is 11.9. The zero-order valence-corrected chi connectivity index (χ0v) is 23.5. The fourth-order valence-corrected chi connectivity index (χ4v) is 6.27. The molecule has 214 valence electrons. The van der Waals surface area contributed by atoms with Crippen LogP contribution in [-0.2, 0) is 22.4 Å². The first-order valence-electron chi connectivity index (χ1n) is 14.1. The van der Waals surface area contributed by atoms with Crippen LogP contribution in [0.25, 0.3) is 10.8 Å². The number of phenolic OH excluding ortho intramolecular Hbond substituents is 1. The SMILES string of the molecule is C=CC(=O)N1CCN(c2nc(OCC3COC(=O)N3C)nc3c2CCC(c2cc(O)cc4ccccc24)C3)C(C)C1. The summed E-state index contributed by atoms with van der Waals surface area (Å²) >= 11 is 0. The van der Waals surface area contributed by atoms with Gasteiger partial charge in [0.1, 0.15) is 30.8 Å². The minimum absolute atomic E-state index is 0.0409. The van der Waals surface area contributed by atoms with E-state index in [1.165, 1.54) is 11.0 Å². The summed E-state index contributed by atoms with van der Waals surface area (Å²) in [5.41, 5.74) is 3.14. The second kappa shape index (κ2) is 10.9. The maximum Gasteiger partial charge on any atom is 0.410 e. The van der Waals surface area contributed by atoms with Gasteiger partial charge in [-0.1, -0.05) is 30.8 Å². The topological polar surface area (TPSA) is 108 Å². The maximum atomic E-state index is 12.3. The van der Waals surface area contributed by atoms with E-state index >= 15 is 0 Å². The molecule has 2 amide bonds. The molecule has 2 saturated heterocycles. The first kappa shape index (κ1) is 26.9. The first-order valence-corrected chi connectivity index (χ1v) is 14.1. The number of amides is 2. The molecule has 3 atom stereocenters. The van der Waals surface area contributed by atoms with Crippen LogP contribution in [0, 0.1) is 0 Å². The summed E-state index contributed by atoms with van der Waals surface area (Å²) in [6.45, 7) is 8.00. The summed E-state index contributed by atoms with van der Waals surface area (Å²) in [6.07, 6.45) is 3.36. The van der Waals surface area contributed by atoms with Crippen LogP contribution < -0.4 is 9.64 Å². The number of fused-ring (bicyclic) bond motifs is 2. The van der Waals surface area contributed by atoms with E-state index in [9.17, 15) is 14.7 Å². The van der Waals surface area contributed by atoms with Gasteiger partial charge in [-0.15, -0.1) is 0 Å². The number of cyclic esters (lactones) is 1. The molecule has 41 heavy (non-hydrogen) atoms. The highest BCUT2D eigenvalue weighted by molar-refractivity contribution is 5.88. The van der Waals surface area contributed by atoms with Crippen LogP contribution in [0.4, 0.5) is 10.6 Å². The van der Waals surface area contributed by atoms with E-state index in [2.05, 4.69) is 24.5 Å². The average Bonchev–Trinajstić information content (AvgIpc) is 3.30. The molecule has 0 bridgehead atoms. The maximum absolute atomic E-state index is 12.3. The number of aromatic nitrogens is 2. The van der Waals surface area contributed by atoms with Crippen molar-refractivity contribution in [3.05, 3.63) is 65.9 Å². The van der Waals surface area contributed by atoms with Crippen LogP contribution in [0.3, 0.4) is 0 Å². The normalized spacial score (nSPS) is 22.4. The second-order valence-electron chi connectivity index (χ2n) is 11.1. The molecule has 3 aromatic rings. The van der Waals surface area contributed by atoms with Gasteiger partial charge in [-0.2, -0.15) is 9.97 Å². The van der Waals surface area contributed by atoms with Crippen LogP contribution in [0.15, 0.2) is 49.1 Å². The highest BCUT2D eigenvalue weighted by Gasteiger charge is 2.34. The minimum atomic E-state index is -0.368. The van der Waals surface area contributed by atoms with Crippen molar-refractivity contribution in [3.8, 4) is 11.8 Å². The van der Waals surface area contributed by atoms with Crippen LogP contribution in [0.2, 0.25) is 0 Å². The van der Waals surface area contributed by atoms with E-state index in [1.807, 2.05) is 29.2 Å². The van der Waals surface area contributed by atoms with Crippen molar-refractivity contribution in [1.82, 2.24) is 19.8 Å². The van der Waals surface area contributed by atoms with Gasteiger partial charge in [-0.25, -0.2) is 4.79 Å². The van der Waals surface area contributed by atoms with Gasteiger partial charge in [0.2, 0.25) is 5.91 Å². The summed E-state index contributed by atoms with van der Waals surface area (Å²) in [7, 11) is 1.69. The molecule has 3 unspecified atom stereocenters. The number of ether oxygens (including phenoxy) is 2. The molecule has 1 N–H and O–H groups in total. The zero-order chi connectivity index (χ0) is 28.7. The summed E-state index contributed by atoms with van der Waals surface area (Å²) in [4.78, 5) is 39.5. The van der Waals surface area contributed by atoms with E-state index in [-0.39, 0.29) is 55.0 Å². The number of piperazine rings is 1. The molecule has 2 aromatic carbocycles. The summed E-state index contributed by atoms with van der Waals surface area (Å²) < 4.78 is 11.2. The molecule has 0 saturated carbocycles. The van der Waals surface area contributed by atoms with E-state index in [0.717, 1.165) is 46.3 Å². The lowest BCUT2D eigenvalue weighted by Crippen LogP contribution is -2.54. The third-order valence-corrected chi connectivity index (χ3v) is 8.58. The summed E-state index contributed by atoms with van der Waals surface area (Å²) in [5, 5.41) is 12.6. The summed E-state index contributed by atoms with van der Waals surface area (Å²) in [5.74, 6) is 1.20. The molecule has 1 aromatic heterocycles. The van der Waals surface area contributed by atoms with Gasteiger partial charge in [0.05, 0.1) is 5.69 Å². The molecule has 1 aliphatic carbocycles. The lowest BCUT2D eigenvalue weighted by atomic mass is 9.80. The largest absolute Gasteiger partial charge is 0.508 e. The Morgan fingerprint density at radius 3 is 2.83 bits per heavy atom. The molecule has 2 aliphatic heterocycles. The van der Waals surface area contributed by atoms with Gasteiger partial charge in [0.25, 0.3) is 0 Å². The number of aromatic hydroxyl groups is 1. The molecule has 3 heterocycles. The van der Waals surface area contributed by atoms with E-state index in [1.54, 1.807) is 13.1 Å². The standard InChI is InChI=1S/C31H35N5O5/c1-4-28(38)35-11-12-36(19(2)16-35)29-25-10-9-21(26-15-23(37)13-20-7-5-6-8-24(20)26)14-27(25)32-30(33-29)40-17-22-18-41-31(39)34(22)3/h4-8,13,15,19,21-22,37H,1,9-12,14,16-18H2,2-3H3. The lowest BCUT2D eigenvalue weighted by Gasteiger charge is -2.41. The Labute approximate surface area is 239 Å². The molecule has 0 radical (unpaired) electrons. The fourth-order valence-electron chi connectivity index (χ4n) is 6.27. The van der Waals surface area contributed by atoms with Crippen LogP contribution in [-0.4, -0.2) is 88.9 Å². The first-order chi connectivity index (χ1) is 19.8. The Hall–Kier alpha value is -4.34. The molecule has 0 spiro atoms. The lowest BCUT2D eigenvalue weighted by molar-refractivity contribution is -0.126. The number of benzene rings is 2. The van der Waals surface area contributed by atoms with E-state index < -0.39 is 0 Å². The van der Waals surface area contributed by atoms with Crippen LogP contribution in [0.5, 0.6) is 11.8 Å². The van der Waals surface area contributed by atoms with Crippen molar-refractivity contribution in [3.63, 3.8) is 0 Å². The molecule has 3 aliphatic rings. The Balaban J connectivity index is 1.33. The van der Waals surface area contributed by atoms with Crippen molar-refractivity contribution in [2.45, 2.75) is 44.2 Å². The third-order valence-electron chi connectivity index (χ3n) is 8.58. The van der Waals surface area contributed by atoms with E-state index in [4.69, 9.17) is 19.4 Å². The molecule has 10 nitrogen and oxygen atoms in total. The van der Waals surface area contributed by atoms with Gasteiger partial charge >= 0.3 is 12.1 Å². The van der Waals surface area contributed by atoms with Crippen molar-refractivity contribution >= 4 is 28.6 Å².